The molecule has 1 heterocycles. The van der Waals surface area contributed by atoms with Gasteiger partial charge in [0.05, 0.1) is 5.56 Å². The topological polar surface area (TPSA) is 40.5 Å². The van der Waals surface area contributed by atoms with E-state index in [9.17, 15) is 4.79 Å². The summed E-state index contributed by atoms with van der Waals surface area (Å²) in [6, 6.07) is 5.47. The summed E-state index contributed by atoms with van der Waals surface area (Å²) in [5.41, 5.74) is 2.80. The summed E-state index contributed by atoms with van der Waals surface area (Å²) in [5, 5.41) is 8.94. The SMILES string of the molecule is CCCN1CCCc2cc(C(=O)O)ccc21. The molecular weight excluding hydrogens is 202 g/mol. The molecule has 3 heteroatoms. The van der Waals surface area contributed by atoms with Crippen LogP contribution >= 0.6 is 0 Å². The number of anilines is 1. The monoisotopic (exact) mass is 219 g/mol. The van der Waals surface area contributed by atoms with Crippen molar-refractivity contribution < 1.29 is 9.90 Å². The van der Waals surface area contributed by atoms with Crippen LogP contribution in [0.3, 0.4) is 0 Å². The Morgan fingerprint density at radius 2 is 2.31 bits per heavy atom. The number of aromatic carboxylic acids is 1. The largest absolute Gasteiger partial charge is 0.478 e. The normalized spacial score (nSPS) is 14.7. The zero-order valence-electron chi connectivity index (χ0n) is 9.57. The molecule has 0 saturated heterocycles. The van der Waals surface area contributed by atoms with E-state index < -0.39 is 5.97 Å². The smallest absolute Gasteiger partial charge is 0.335 e. The van der Waals surface area contributed by atoms with Crippen molar-refractivity contribution in [3.8, 4) is 0 Å². The third-order valence-corrected chi connectivity index (χ3v) is 3.03. The van der Waals surface area contributed by atoms with Crippen LogP contribution in [0.25, 0.3) is 0 Å². The Hall–Kier alpha value is -1.51. The van der Waals surface area contributed by atoms with Gasteiger partial charge in [-0.2, -0.15) is 0 Å². The molecule has 0 aromatic heterocycles. The highest BCUT2D eigenvalue weighted by molar-refractivity contribution is 5.88. The molecule has 86 valence electrons. The number of aryl methyl sites for hydroxylation is 1. The lowest BCUT2D eigenvalue weighted by molar-refractivity contribution is 0.0697. The van der Waals surface area contributed by atoms with Crippen LogP contribution in [0, 0.1) is 0 Å². The lowest BCUT2D eigenvalue weighted by Gasteiger charge is -2.31. The zero-order valence-corrected chi connectivity index (χ0v) is 9.57. The minimum atomic E-state index is -0.838. The molecule has 0 aliphatic carbocycles. The van der Waals surface area contributed by atoms with Crippen LogP contribution in [0.4, 0.5) is 5.69 Å². The van der Waals surface area contributed by atoms with Gasteiger partial charge in [0.25, 0.3) is 0 Å². The molecule has 1 aliphatic heterocycles. The molecular formula is C13H17NO2. The molecule has 1 aromatic carbocycles. The standard InChI is InChI=1S/C13H17NO2/c1-2-7-14-8-3-4-10-9-11(13(15)16)5-6-12(10)14/h5-6,9H,2-4,7-8H2,1H3,(H,15,16). The molecule has 0 atom stereocenters. The van der Waals surface area contributed by atoms with Crippen LogP contribution in [0.5, 0.6) is 0 Å². The molecule has 0 unspecified atom stereocenters. The number of carboxylic acid groups (broad SMARTS) is 1. The summed E-state index contributed by atoms with van der Waals surface area (Å²) in [5.74, 6) is -0.838. The van der Waals surface area contributed by atoms with Crippen molar-refractivity contribution in [2.45, 2.75) is 26.2 Å². The summed E-state index contributed by atoms with van der Waals surface area (Å²) in [6.07, 6.45) is 3.24. The molecule has 1 aromatic rings. The third-order valence-electron chi connectivity index (χ3n) is 3.03. The van der Waals surface area contributed by atoms with Gasteiger partial charge in [0.2, 0.25) is 0 Å². The number of carboxylic acids is 1. The first-order valence-electron chi connectivity index (χ1n) is 5.83. The Labute approximate surface area is 95.7 Å². The van der Waals surface area contributed by atoms with E-state index in [2.05, 4.69) is 11.8 Å². The number of carbonyl (C=O) groups is 1. The molecule has 16 heavy (non-hydrogen) atoms. The molecule has 0 saturated carbocycles. The van der Waals surface area contributed by atoms with E-state index in [-0.39, 0.29) is 0 Å². The van der Waals surface area contributed by atoms with Gasteiger partial charge in [-0.05, 0) is 43.0 Å². The molecule has 0 amide bonds. The number of benzene rings is 1. The fourth-order valence-corrected chi connectivity index (χ4v) is 2.31. The van der Waals surface area contributed by atoms with Crippen LogP contribution in [0.1, 0.15) is 35.7 Å². The number of nitrogens with zero attached hydrogens (tertiary/aromatic N) is 1. The second kappa shape index (κ2) is 4.56. The molecule has 3 nitrogen and oxygen atoms in total. The highest BCUT2D eigenvalue weighted by Crippen LogP contribution is 2.28. The quantitative estimate of drug-likeness (QED) is 0.849. The van der Waals surface area contributed by atoms with E-state index in [1.807, 2.05) is 12.1 Å². The van der Waals surface area contributed by atoms with Crippen LogP contribution in [0.15, 0.2) is 18.2 Å². The fourth-order valence-electron chi connectivity index (χ4n) is 2.31. The molecule has 2 rings (SSSR count). The van der Waals surface area contributed by atoms with Gasteiger partial charge in [-0.1, -0.05) is 6.92 Å². The Morgan fingerprint density at radius 3 is 3.00 bits per heavy atom. The predicted octanol–water partition coefficient (Wildman–Crippen LogP) is 2.55. The average molecular weight is 219 g/mol. The predicted molar refractivity (Wildman–Crippen MR) is 64.2 cm³/mol. The minimum absolute atomic E-state index is 0.400. The van der Waals surface area contributed by atoms with Crippen molar-refractivity contribution in [1.82, 2.24) is 0 Å². The highest BCUT2D eigenvalue weighted by Gasteiger charge is 2.17. The van der Waals surface area contributed by atoms with Crippen molar-refractivity contribution in [1.29, 1.82) is 0 Å². The van der Waals surface area contributed by atoms with Gasteiger partial charge in [0.15, 0.2) is 0 Å². The van der Waals surface area contributed by atoms with E-state index >= 15 is 0 Å². The Balaban J connectivity index is 2.32. The van der Waals surface area contributed by atoms with Gasteiger partial charge in [0.1, 0.15) is 0 Å². The Bertz CT molecular complexity index is 401. The zero-order chi connectivity index (χ0) is 11.5. The second-order valence-corrected chi connectivity index (χ2v) is 4.24. The lowest BCUT2D eigenvalue weighted by Crippen LogP contribution is -2.30. The van der Waals surface area contributed by atoms with Crippen molar-refractivity contribution >= 4 is 11.7 Å². The lowest BCUT2D eigenvalue weighted by atomic mass is 9.99. The van der Waals surface area contributed by atoms with E-state index in [0.717, 1.165) is 32.4 Å². The summed E-state index contributed by atoms with van der Waals surface area (Å²) in [7, 11) is 0. The number of hydrogen-bond donors (Lipinski definition) is 1. The number of hydrogen-bond acceptors (Lipinski definition) is 2. The van der Waals surface area contributed by atoms with Gasteiger partial charge in [0, 0.05) is 18.8 Å². The first kappa shape index (κ1) is 11.0. The number of fused-ring (bicyclic) bond motifs is 1. The van der Waals surface area contributed by atoms with E-state index in [0.29, 0.717) is 5.56 Å². The first-order chi connectivity index (χ1) is 7.72. The van der Waals surface area contributed by atoms with Gasteiger partial charge in [-0.3, -0.25) is 0 Å². The van der Waals surface area contributed by atoms with Crippen molar-refractivity contribution in [2.24, 2.45) is 0 Å². The number of rotatable bonds is 3. The molecule has 0 radical (unpaired) electrons. The summed E-state index contributed by atoms with van der Waals surface area (Å²) >= 11 is 0. The van der Waals surface area contributed by atoms with Gasteiger partial charge in [-0.15, -0.1) is 0 Å². The fraction of sp³-hybridized carbons (Fsp3) is 0.462. The summed E-state index contributed by atoms with van der Waals surface area (Å²) in [6.45, 7) is 4.31. The third kappa shape index (κ3) is 2.03. The van der Waals surface area contributed by atoms with E-state index in [1.54, 1.807) is 6.07 Å². The molecule has 0 bridgehead atoms. The maximum Gasteiger partial charge on any atom is 0.335 e. The van der Waals surface area contributed by atoms with Crippen molar-refractivity contribution in [3.63, 3.8) is 0 Å². The van der Waals surface area contributed by atoms with Crippen molar-refractivity contribution in [2.75, 3.05) is 18.0 Å². The molecule has 1 aliphatic rings. The van der Waals surface area contributed by atoms with Gasteiger partial charge < -0.3 is 10.0 Å². The van der Waals surface area contributed by atoms with E-state index in [1.165, 1.54) is 11.3 Å². The van der Waals surface area contributed by atoms with Crippen LogP contribution < -0.4 is 4.90 Å². The van der Waals surface area contributed by atoms with Gasteiger partial charge in [-0.25, -0.2) is 4.79 Å². The maximum absolute atomic E-state index is 10.9. The molecule has 0 spiro atoms. The highest BCUT2D eigenvalue weighted by atomic mass is 16.4. The van der Waals surface area contributed by atoms with Gasteiger partial charge >= 0.3 is 5.97 Å². The molecule has 0 fully saturated rings. The second-order valence-electron chi connectivity index (χ2n) is 4.24. The first-order valence-corrected chi connectivity index (χ1v) is 5.83. The Kier molecular flexibility index (Phi) is 3.13. The summed E-state index contributed by atoms with van der Waals surface area (Å²) in [4.78, 5) is 13.2. The Morgan fingerprint density at radius 1 is 1.50 bits per heavy atom. The van der Waals surface area contributed by atoms with Crippen molar-refractivity contribution in [3.05, 3.63) is 29.3 Å². The minimum Gasteiger partial charge on any atom is -0.478 e. The van der Waals surface area contributed by atoms with Crippen LogP contribution in [0.2, 0.25) is 0 Å². The molecule has 1 N–H and O–H groups in total. The average Bonchev–Trinajstić information content (AvgIpc) is 2.29. The maximum atomic E-state index is 10.9. The van der Waals surface area contributed by atoms with E-state index in [4.69, 9.17) is 5.11 Å². The van der Waals surface area contributed by atoms with Crippen LogP contribution in [-0.4, -0.2) is 24.2 Å². The summed E-state index contributed by atoms with van der Waals surface area (Å²) < 4.78 is 0. The van der Waals surface area contributed by atoms with Crippen LogP contribution in [-0.2, 0) is 6.42 Å².